The van der Waals surface area contributed by atoms with Gasteiger partial charge in [-0.2, -0.15) is 0 Å². The van der Waals surface area contributed by atoms with Gasteiger partial charge >= 0.3 is 0 Å². The van der Waals surface area contributed by atoms with Crippen molar-refractivity contribution in [2.45, 2.75) is 45.7 Å². The van der Waals surface area contributed by atoms with Crippen LogP contribution in [0.25, 0.3) is 0 Å². The van der Waals surface area contributed by atoms with Gasteiger partial charge in [0.1, 0.15) is 6.04 Å². The first-order valence-electron chi connectivity index (χ1n) is 12.5. The molecule has 190 valence electrons. The molecule has 0 fully saturated rings. The third-order valence-electron chi connectivity index (χ3n) is 5.95. The number of likely N-dealkylation sites (N-methyl/N-ethyl adjacent to an activating group) is 1. The molecule has 0 radical (unpaired) electrons. The zero-order valence-corrected chi connectivity index (χ0v) is 21.4. The standard InChI is InChI=1S/C30H36N2O4/c1-4-35-27-18-16-24(21-28(27)36-5-2)17-19-29(33)32(22-25-14-10-7-11-15-25)26(30(34)31-3)20-23-12-8-6-9-13-23/h6-16,18,21,26H,4-5,17,19-20,22H2,1-3H3,(H,31,34)/t26-/m0/s1. The maximum Gasteiger partial charge on any atom is 0.242 e. The second-order valence-corrected chi connectivity index (χ2v) is 8.47. The van der Waals surface area contributed by atoms with Gasteiger partial charge < -0.3 is 19.7 Å². The number of hydrogen-bond acceptors (Lipinski definition) is 4. The van der Waals surface area contributed by atoms with Gasteiger partial charge in [0.2, 0.25) is 11.8 Å². The van der Waals surface area contributed by atoms with Crippen LogP contribution in [0, 0.1) is 0 Å². The van der Waals surface area contributed by atoms with Gasteiger partial charge in [-0.05, 0) is 49.1 Å². The molecule has 0 spiro atoms. The van der Waals surface area contributed by atoms with E-state index in [0.29, 0.717) is 44.1 Å². The van der Waals surface area contributed by atoms with Crippen LogP contribution in [0.4, 0.5) is 0 Å². The monoisotopic (exact) mass is 488 g/mol. The van der Waals surface area contributed by atoms with Crippen molar-refractivity contribution in [2.24, 2.45) is 0 Å². The second-order valence-electron chi connectivity index (χ2n) is 8.47. The highest BCUT2D eigenvalue weighted by atomic mass is 16.5. The number of amides is 2. The van der Waals surface area contributed by atoms with E-state index in [-0.39, 0.29) is 18.2 Å². The topological polar surface area (TPSA) is 67.9 Å². The van der Waals surface area contributed by atoms with Gasteiger partial charge in [0.05, 0.1) is 13.2 Å². The second kappa shape index (κ2) is 13.9. The lowest BCUT2D eigenvalue weighted by Gasteiger charge is -2.31. The molecule has 3 aromatic carbocycles. The van der Waals surface area contributed by atoms with Crippen LogP contribution in [0.2, 0.25) is 0 Å². The summed E-state index contributed by atoms with van der Waals surface area (Å²) in [6.45, 7) is 5.30. The van der Waals surface area contributed by atoms with Gasteiger partial charge in [0, 0.05) is 26.4 Å². The minimum atomic E-state index is -0.621. The number of aryl methyl sites for hydroxylation is 1. The summed E-state index contributed by atoms with van der Waals surface area (Å²) in [5, 5.41) is 2.76. The van der Waals surface area contributed by atoms with E-state index in [4.69, 9.17) is 9.47 Å². The summed E-state index contributed by atoms with van der Waals surface area (Å²) in [6, 6.07) is 24.7. The lowest BCUT2D eigenvalue weighted by atomic mass is 10.0. The molecular formula is C30H36N2O4. The van der Waals surface area contributed by atoms with Gasteiger partial charge in [-0.1, -0.05) is 66.7 Å². The number of carbonyl (C=O) groups excluding carboxylic acids is 2. The average Bonchev–Trinajstić information content (AvgIpc) is 2.91. The molecule has 6 heteroatoms. The minimum Gasteiger partial charge on any atom is -0.490 e. The SMILES string of the molecule is CCOc1ccc(CCC(=O)N(Cc2ccccc2)[C@@H](Cc2ccccc2)C(=O)NC)cc1OCC. The third-order valence-corrected chi connectivity index (χ3v) is 5.95. The van der Waals surface area contributed by atoms with Crippen LogP contribution in [-0.2, 0) is 29.0 Å². The van der Waals surface area contributed by atoms with Gasteiger partial charge in [0.15, 0.2) is 11.5 Å². The highest BCUT2D eigenvalue weighted by Crippen LogP contribution is 2.29. The lowest BCUT2D eigenvalue weighted by Crippen LogP contribution is -2.49. The van der Waals surface area contributed by atoms with E-state index in [1.54, 1.807) is 11.9 Å². The molecule has 2 amide bonds. The molecule has 0 heterocycles. The summed E-state index contributed by atoms with van der Waals surface area (Å²) in [6.07, 6.45) is 1.24. The summed E-state index contributed by atoms with van der Waals surface area (Å²) in [7, 11) is 1.61. The molecular weight excluding hydrogens is 452 g/mol. The van der Waals surface area contributed by atoms with Crippen LogP contribution in [-0.4, -0.2) is 43.0 Å². The normalized spacial score (nSPS) is 11.4. The molecule has 0 saturated carbocycles. The summed E-state index contributed by atoms with van der Waals surface area (Å²) >= 11 is 0. The highest BCUT2D eigenvalue weighted by molar-refractivity contribution is 5.88. The fraction of sp³-hybridized carbons (Fsp3) is 0.333. The van der Waals surface area contributed by atoms with E-state index in [1.807, 2.05) is 92.7 Å². The molecule has 1 atom stereocenters. The van der Waals surface area contributed by atoms with Crippen LogP contribution in [0.1, 0.15) is 37.0 Å². The molecule has 0 aromatic heterocycles. The third kappa shape index (κ3) is 7.60. The van der Waals surface area contributed by atoms with Crippen molar-refractivity contribution in [1.82, 2.24) is 10.2 Å². The fourth-order valence-electron chi connectivity index (χ4n) is 4.15. The van der Waals surface area contributed by atoms with E-state index in [0.717, 1.165) is 16.7 Å². The van der Waals surface area contributed by atoms with E-state index in [9.17, 15) is 9.59 Å². The molecule has 3 aromatic rings. The van der Waals surface area contributed by atoms with E-state index in [1.165, 1.54) is 0 Å². The fourth-order valence-corrected chi connectivity index (χ4v) is 4.15. The molecule has 0 unspecified atom stereocenters. The van der Waals surface area contributed by atoms with Crippen LogP contribution in [0.3, 0.4) is 0 Å². The molecule has 0 aliphatic carbocycles. The average molecular weight is 489 g/mol. The van der Waals surface area contributed by atoms with Gasteiger partial charge in [-0.15, -0.1) is 0 Å². The molecule has 36 heavy (non-hydrogen) atoms. The first-order valence-corrected chi connectivity index (χ1v) is 12.5. The Labute approximate surface area is 214 Å². The highest BCUT2D eigenvalue weighted by Gasteiger charge is 2.29. The van der Waals surface area contributed by atoms with Crippen molar-refractivity contribution in [3.8, 4) is 11.5 Å². The largest absolute Gasteiger partial charge is 0.490 e. The van der Waals surface area contributed by atoms with E-state index >= 15 is 0 Å². The number of rotatable bonds is 13. The zero-order valence-electron chi connectivity index (χ0n) is 21.4. The molecule has 1 N–H and O–H groups in total. The molecule has 0 saturated heterocycles. The van der Waals surface area contributed by atoms with Crippen LogP contribution >= 0.6 is 0 Å². The van der Waals surface area contributed by atoms with Crippen LogP contribution in [0.15, 0.2) is 78.9 Å². The number of carbonyl (C=O) groups is 2. The summed E-state index contributed by atoms with van der Waals surface area (Å²) in [4.78, 5) is 28.4. The van der Waals surface area contributed by atoms with Crippen molar-refractivity contribution in [1.29, 1.82) is 0 Å². The Morgan fingerprint density at radius 3 is 2.03 bits per heavy atom. The van der Waals surface area contributed by atoms with Crippen molar-refractivity contribution < 1.29 is 19.1 Å². The Kier molecular flexibility index (Phi) is 10.4. The zero-order chi connectivity index (χ0) is 25.8. The summed E-state index contributed by atoms with van der Waals surface area (Å²) in [5.74, 6) is 1.12. The molecule has 3 rings (SSSR count). The summed E-state index contributed by atoms with van der Waals surface area (Å²) < 4.78 is 11.4. The van der Waals surface area contributed by atoms with E-state index < -0.39 is 6.04 Å². The van der Waals surface area contributed by atoms with Gasteiger partial charge in [-0.25, -0.2) is 0 Å². The number of ether oxygens (including phenoxy) is 2. The Morgan fingerprint density at radius 1 is 0.806 bits per heavy atom. The number of nitrogens with one attached hydrogen (secondary N) is 1. The Hall–Kier alpha value is -3.80. The number of nitrogens with zero attached hydrogens (tertiary/aromatic N) is 1. The van der Waals surface area contributed by atoms with Gasteiger partial charge in [-0.3, -0.25) is 9.59 Å². The summed E-state index contributed by atoms with van der Waals surface area (Å²) in [5.41, 5.74) is 2.96. The quantitative estimate of drug-likeness (QED) is 0.375. The molecule has 6 nitrogen and oxygen atoms in total. The maximum atomic E-state index is 13.6. The minimum absolute atomic E-state index is 0.0739. The predicted octanol–water partition coefficient (Wildman–Crippen LogP) is 4.80. The first-order chi connectivity index (χ1) is 17.5. The molecule has 0 bridgehead atoms. The molecule has 0 aliphatic heterocycles. The first kappa shape index (κ1) is 26.8. The Bertz CT molecular complexity index is 1100. The number of hydrogen-bond donors (Lipinski definition) is 1. The van der Waals surface area contributed by atoms with Crippen molar-refractivity contribution in [2.75, 3.05) is 20.3 Å². The van der Waals surface area contributed by atoms with Crippen LogP contribution in [0.5, 0.6) is 11.5 Å². The number of benzene rings is 3. The smallest absolute Gasteiger partial charge is 0.242 e. The Morgan fingerprint density at radius 2 is 1.42 bits per heavy atom. The van der Waals surface area contributed by atoms with Gasteiger partial charge in [0.25, 0.3) is 0 Å². The van der Waals surface area contributed by atoms with Crippen molar-refractivity contribution in [3.63, 3.8) is 0 Å². The predicted molar refractivity (Wildman–Crippen MR) is 142 cm³/mol. The van der Waals surface area contributed by atoms with Crippen molar-refractivity contribution >= 4 is 11.8 Å². The maximum absolute atomic E-state index is 13.6. The Balaban J connectivity index is 1.83. The lowest BCUT2D eigenvalue weighted by molar-refractivity contribution is -0.141. The van der Waals surface area contributed by atoms with E-state index in [2.05, 4.69) is 5.32 Å². The van der Waals surface area contributed by atoms with Crippen molar-refractivity contribution in [3.05, 3.63) is 95.6 Å². The van der Waals surface area contributed by atoms with Crippen LogP contribution < -0.4 is 14.8 Å². The molecule has 0 aliphatic rings.